The van der Waals surface area contributed by atoms with E-state index in [1.165, 1.54) is 0 Å². The predicted molar refractivity (Wildman–Crippen MR) is 201 cm³/mol. The average molecular weight is 638 g/mol. The Hall–Kier alpha value is -7.13. The van der Waals surface area contributed by atoms with Gasteiger partial charge < -0.3 is 9.13 Å². The van der Waals surface area contributed by atoms with Gasteiger partial charge in [0, 0.05) is 38.5 Å². The van der Waals surface area contributed by atoms with Crippen LogP contribution in [0.15, 0.2) is 146 Å². The zero-order chi connectivity index (χ0) is 33.8. The first-order chi connectivity index (χ1) is 24.7. The van der Waals surface area contributed by atoms with Crippen molar-refractivity contribution in [1.29, 1.82) is 15.8 Å². The minimum Gasteiger partial charge on any atom is -0.309 e. The molecule has 0 fully saturated rings. The third-order valence-corrected chi connectivity index (χ3v) is 9.93. The summed E-state index contributed by atoms with van der Waals surface area (Å²) >= 11 is 0. The summed E-state index contributed by atoms with van der Waals surface area (Å²) in [6.07, 6.45) is 4.53. The van der Waals surface area contributed by atoms with Gasteiger partial charge in [0.1, 0.15) is 0 Å². The number of allylic oxidation sites excluding steroid dienone is 4. The SMILES string of the molecule is N#Cc1ccc2c(c1)c1ccccc1n2-c1ccc(-c2cccc(C#N)c2C2=C(n3c4ccccc4c4ccccc43)C=CC(C#N)C2)cc1. The normalized spacial score (nSPS) is 14.3. The maximum atomic E-state index is 10.5. The molecular weight excluding hydrogens is 611 g/mol. The molecule has 1 aliphatic carbocycles. The van der Waals surface area contributed by atoms with Gasteiger partial charge in [0.25, 0.3) is 0 Å². The highest BCUT2D eigenvalue weighted by molar-refractivity contribution is 6.13. The van der Waals surface area contributed by atoms with Crippen LogP contribution in [-0.2, 0) is 0 Å². The quantitative estimate of drug-likeness (QED) is 0.193. The standard InChI is InChI=1S/C45H27N5/c46-26-29-16-22-43-38(24-29)37-11-3-4-13-40(37)49(43)33-20-18-31(19-21-33)34-12-7-8-32(28-48)45(34)39-25-30(27-47)17-23-44(39)50-41-14-5-1-9-35(41)36-10-2-6-15-42(36)50/h1-24,30H,25H2. The number of fused-ring (bicyclic) bond motifs is 6. The lowest BCUT2D eigenvalue weighted by atomic mass is 9.83. The van der Waals surface area contributed by atoms with Gasteiger partial charge >= 0.3 is 0 Å². The molecule has 5 nitrogen and oxygen atoms in total. The average Bonchev–Trinajstić information content (AvgIpc) is 3.70. The molecule has 50 heavy (non-hydrogen) atoms. The Balaban J connectivity index is 1.26. The number of para-hydroxylation sites is 3. The molecule has 2 heterocycles. The zero-order valence-corrected chi connectivity index (χ0v) is 26.9. The Morgan fingerprint density at radius 3 is 1.82 bits per heavy atom. The van der Waals surface area contributed by atoms with Crippen LogP contribution in [0.1, 0.15) is 23.1 Å². The number of hydrogen-bond acceptors (Lipinski definition) is 3. The summed E-state index contributed by atoms with van der Waals surface area (Å²) in [5.41, 5.74) is 11.2. The van der Waals surface area contributed by atoms with Crippen molar-refractivity contribution in [3.63, 3.8) is 0 Å². The summed E-state index contributed by atoms with van der Waals surface area (Å²) in [7, 11) is 0. The summed E-state index contributed by atoms with van der Waals surface area (Å²) in [5.74, 6) is -0.319. The third-order valence-electron chi connectivity index (χ3n) is 9.93. The van der Waals surface area contributed by atoms with E-state index in [9.17, 15) is 15.8 Å². The van der Waals surface area contributed by atoms with Crippen LogP contribution in [0.5, 0.6) is 0 Å². The molecular formula is C45H27N5. The fraction of sp³-hybridized carbons (Fsp3) is 0.0444. The van der Waals surface area contributed by atoms with Gasteiger partial charge in [-0.25, -0.2) is 0 Å². The molecule has 0 spiro atoms. The number of nitriles is 3. The minimum absolute atomic E-state index is 0.319. The van der Waals surface area contributed by atoms with Crippen molar-refractivity contribution in [2.24, 2.45) is 5.92 Å². The predicted octanol–water partition coefficient (Wildman–Crippen LogP) is 10.8. The molecule has 6 aromatic carbocycles. The van der Waals surface area contributed by atoms with Gasteiger partial charge in [0.15, 0.2) is 0 Å². The Labute approximate surface area is 288 Å². The summed E-state index contributed by atoms with van der Waals surface area (Å²) in [6, 6.07) is 52.5. The fourth-order valence-electron chi connectivity index (χ4n) is 7.73. The van der Waals surface area contributed by atoms with Gasteiger partial charge in [-0.15, -0.1) is 0 Å². The molecule has 9 rings (SSSR count). The van der Waals surface area contributed by atoms with Crippen LogP contribution in [0, 0.1) is 39.9 Å². The monoisotopic (exact) mass is 637 g/mol. The summed E-state index contributed by atoms with van der Waals surface area (Å²) in [5, 5.41) is 34.7. The van der Waals surface area contributed by atoms with Gasteiger partial charge in [0.05, 0.1) is 57.3 Å². The van der Waals surface area contributed by atoms with E-state index >= 15 is 0 Å². The maximum absolute atomic E-state index is 10.5. The van der Waals surface area contributed by atoms with Crippen LogP contribution in [0.2, 0.25) is 0 Å². The number of benzene rings is 6. The number of rotatable bonds is 4. The largest absolute Gasteiger partial charge is 0.309 e. The highest BCUT2D eigenvalue weighted by Crippen LogP contribution is 2.44. The van der Waals surface area contributed by atoms with E-state index in [1.54, 1.807) is 0 Å². The summed E-state index contributed by atoms with van der Waals surface area (Å²) in [6.45, 7) is 0. The maximum Gasteiger partial charge on any atom is 0.0998 e. The first-order valence-electron chi connectivity index (χ1n) is 16.6. The second kappa shape index (κ2) is 11.5. The van der Waals surface area contributed by atoms with E-state index in [-0.39, 0.29) is 5.92 Å². The molecule has 0 radical (unpaired) electrons. The second-order valence-electron chi connectivity index (χ2n) is 12.6. The van der Waals surface area contributed by atoms with Gasteiger partial charge in [-0.05, 0) is 83.8 Å². The van der Waals surface area contributed by atoms with Crippen molar-refractivity contribution in [2.45, 2.75) is 6.42 Å². The first-order valence-corrected chi connectivity index (χ1v) is 16.6. The van der Waals surface area contributed by atoms with Crippen molar-refractivity contribution in [1.82, 2.24) is 9.13 Å². The van der Waals surface area contributed by atoms with Crippen LogP contribution >= 0.6 is 0 Å². The molecule has 2 aromatic heterocycles. The lowest BCUT2D eigenvalue weighted by molar-refractivity contribution is 0.848. The molecule has 1 atom stereocenters. The van der Waals surface area contributed by atoms with Crippen molar-refractivity contribution < 1.29 is 0 Å². The molecule has 0 bridgehead atoms. The molecule has 5 heteroatoms. The lowest BCUT2D eigenvalue weighted by Crippen LogP contribution is -2.09. The van der Waals surface area contributed by atoms with Gasteiger partial charge in [-0.2, -0.15) is 15.8 Å². The van der Waals surface area contributed by atoms with E-state index in [4.69, 9.17) is 0 Å². The van der Waals surface area contributed by atoms with E-state index in [0.717, 1.165) is 77.3 Å². The molecule has 0 aliphatic heterocycles. The third kappa shape index (κ3) is 4.37. The number of hydrogen-bond donors (Lipinski definition) is 0. The van der Waals surface area contributed by atoms with Crippen molar-refractivity contribution in [2.75, 3.05) is 0 Å². The van der Waals surface area contributed by atoms with E-state index in [2.05, 4.69) is 124 Å². The van der Waals surface area contributed by atoms with Crippen LogP contribution in [-0.4, -0.2) is 9.13 Å². The Morgan fingerprint density at radius 1 is 0.560 bits per heavy atom. The minimum atomic E-state index is -0.319. The fourth-order valence-corrected chi connectivity index (χ4v) is 7.73. The molecule has 1 unspecified atom stereocenters. The summed E-state index contributed by atoms with van der Waals surface area (Å²) in [4.78, 5) is 0. The van der Waals surface area contributed by atoms with E-state index < -0.39 is 0 Å². The Morgan fingerprint density at radius 2 is 1.18 bits per heavy atom. The van der Waals surface area contributed by atoms with E-state index in [0.29, 0.717) is 17.5 Å². The highest BCUT2D eigenvalue weighted by atomic mass is 15.0. The first kappa shape index (κ1) is 29.0. The molecule has 1 aliphatic rings. The molecule has 8 aromatic rings. The number of nitrogens with zero attached hydrogens (tertiary/aromatic N) is 5. The lowest BCUT2D eigenvalue weighted by Gasteiger charge is -2.24. The van der Waals surface area contributed by atoms with Crippen molar-refractivity contribution >= 4 is 54.9 Å². The Bertz CT molecular complexity index is 2820. The van der Waals surface area contributed by atoms with Crippen molar-refractivity contribution in [3.05, 3.63) is 162 Å². The molecule has 0 saturated heterocycles. The van der Waals surface area contributed by atoms with Gasteiger partial charge in [-0.3, -0.25) is 0 Å². The van der Waals surface area contributed by atoms with Gasteiger partial charge in [-0.1, -0.05) is 84.9 Å². The highest BCUT2D eigenvalue weighted by Gasteiger charge is 2.26. The van der Waals surface area contributed by atoms with Crippen molar-refractivity contribution in [3.8, 4) is 35.0 Å². The molecule has 0 saturated carbocycles. The number of aromatic nitrogens is 2. The molecule has 0 amide bonds. The summed E-state index contributed by atoms with van der Waals surface area (Å²) < 4.78 is 4.51. The van der Waals surface area contributed by atoms with E-state index in [1.807, 2.05) is 48.5 Å². The smallest absolute Gasteiger partial charge is 0.0998 e. The van der Waals surface area contributed by atoms with Gasteiger partial charge in [0.2, 0.25) is 0 Å². The van der Waals surface area contributed by atoms with Crippen LogP contribution < -0.4 is 0 Å². The zero-order valence-electron chi connectivity index (χ0n) is 26.9. The second-order valence-corrected chi connectivity index (χ2v) is 12.6. The van der Waals surface area contributed by atoms with Crippen LogP contribution in [0.25, 0.3) is 71.7 Å². The van der Waals surface area contributed by atoms with Crippen LogP contribution in [0.4, 0.5) is 0 Å². The molecule has 232 valence electrons. The topological polar surface area (TPSA) is 81.2 Å². The van der Waals surface area contributed by atoms with Crippen LogP contribution in [0.3, 0.4) is 0 Å². The molecule has 0 N–H and O–H groups in total. The Kier molecular flexibility index (Phi) is 6.70.